The first-order valence-corrected chi connectivity index (χ1v) is 9.60. The molecule has 0 bridgehead atoms. The number of nitrogens with one attached hydrogen (secondary N) is 3. The van der Waals surface area contributed by atoms with Gasteiger partial charge in [0.2, 0.25) is 11.8 Å². The van der Waals surface area contributed by atoms with Crippen LogP contribution in [-0.4, -0.2) is 45.5 Å². The number of thiazole rings is 2. The highest BCUT2D eigenvalue weighted by Crippen LogP contribution is 2.23. The summed E-state index contributed by atoms with van der Waals surface area (Å²) in [4.78, 5) is 44.1. The van der Waals surface area contributed by atoms with E-state index >= 15 is 0 Å². The predicted octanol–water partition coefficient (Wildman–Crippen LogP) is 1.03. The van der Waals surface area contributed by atoms with Gasteiger partial charge >= 0.3 is 0 Å². The molecule has 0 aliphatic rings. The average Bonchev–Trinajstić information content (AvgIpc) is 3.29. The topological polar surface area (TPSA) is 133 Å². The molecule has 0 saturated heterocycles. The van der Waals surface area contributed by atoms with Gasteiger partial charge in [-0.3, -0.25) is 19.6 Å². The average molecular weight is 397 g/mol. The first-order valence-electron chi connectivity index (χ1n) is 7.78. The number of hydroxylamine groups is 1. The largest absolute Gasteiger partial charge is 0.354 e. The van der Waals surface area contributed by atoms with Crippen LogP contribution in [0.3, 0.4) is 0 Å². The Morgan fingerprint density at radius 2 is 2.04 bits per heavy atom. The van der Waals surface area contributed by atoms with Crippen molar-refractivity contribution in [2.45, 2.75) is 26.3 Å². The SMILES string of the molecule is CC(C)C(NC(=O)c1csc(-c2cscn2)n1)C(=O)NCCC(=O)NO. The summed E-state index contributed by atoms with van der Waals surface area (Å²) < 4.78 is 0. The predicted molar refractivity (Wildman–Crippen MR) is 96.9 cm³/mol. The smallest absolute Gasteiger partial charge is 0.271 e. The van der Waals surface area contributed by atoms with Crippen LogP contribution in [0.5, 0.6) is 0 Å². The molecule has 2 rings (SSSR count). The molecule has 9 nitrogen and oxygen atoms in total. The van der Waals surface area contributed by atoms with Crippen molar-refractivity contribution in [2.75, 3.05) is 6.54 Å². The first kappa shape index (κ1) is 19.9. The van der Waals surface area contributed by atoms with Crippen LogP contribution >= 0.6 is 22.7 Å². The second-order valence-corrected chi connectivity index (χ2v) is 7.26. The third-order valence-corrected chi connectivity index (χ3v) is 4.85. The fourth-order valence-electron chi connectivity index (χ4n) is 2.03. The van der Waals surface area contributed by atoms with E-state index in [0.717, 1.165) is 0 Å². The maximum atomic E-state index is 12.4. The molecule has 0 radical (unpaired) electrons. The lowest BCUT2D eigenvalue weighted by molar-refractivity contribution is -0.129. The molecule has 1 atom stereocenters. The lowest BCUT2D eigenvalue weighted by atomic mass is 10.0. The van der Waals surface area contributed by atoms with Crippen LogP contribution < -0.4 is 16.1 Å². The number of aromatic nitrogens is 2. The Kier molecular flexibility index (Phi) is 7.18. The van der Waals surface area contributed by atoms with Crippen molar-refractivity contribution in [3.63, 3.8) is 0 Å². The first-order chi connectivity index (χ1) is 12.4. The molecule has 3 amide bonds. The third kappa shape index (κ3) is 5.31. The van der Waals surface area contributed by atoms with Crippen LogP contribution in [0.15, 0.2) is 16.3 Å². The zero-order valence-electron chi connectivity index (χ0n) is 14.2. The summed E-state index contributed by atoms with van der Waals surface area (Å²) in [6.07, 6.45) is -0.0654. The summed E-state index contributed by atoms with van der Waals surface area (Å²) >= 11 is 2.74. The van der Waals surface area contributed by atoms with Crippen molar-refractivity contribution in [3.05, 3.63) is 22.0 Å². The molecule has 11 heteroatoms. The maximum Gasteiger partial charge on any atom is 0.271 e. The van der Waals surface area contributed by atoms with Crippen LogP contribution in [0.25, 0.3) is 10.7 Å². The van der Waals surface area contributed by atoms with Gasteiger partial charge in [-0.1, -0.05) is 13.8 Å². The monoisotopic (exact) mass is 397 g/mol. The van der Waals surface area contributed by atoms with Gasteiger partial charge in [0.05, 0.1) is 5.51 Å². The van der Waals surface area contributed by atoms with Gasteiger partial charge in [0.15, 0.2) is 0 Å². The molecule has 0 saturated carbocycles. The second-order valence-electron chi connectivity index (χ2n) is 5.68. The molecule has 2 aromatic rings. The maximum absolute atomic E-state index is 12.4. The van der Waals surface area contributed by atoms with Gasteiger partial charge in [-0.25, -0.2) is 15.4 Å². The molecular weight excluding hydrogens is 378 g/mol. The summed E-state index contributed by atoms with van der Waals surface area (Å²) in [5, 5.41) is 17.8. The number of hydrogen-bond donors (Lipinski definition) is 4. The van der Waals surface area contributed by atoms with Gasteiger partial charge in [0, 0.05) is 23.7 Å². The van der Waals surface area contributed by atoms with Crippen molar-refractivity contribution >= 4 is 40.4 Å². The van der Waals surface area contributed by atoms with Crippen LogP contribution in [0.4, 0.5) is 0 Å². The van der Waals surface area contributed by atoms with E-state index in [1.54, 1.807) is 24.7 Å². The van der Waals surface area contributed by atoms with Gasteiger partial charge in [0.25, 0.3) is 5.91 Å². The van der Waals surface area contributed by atoms with Crippen LogP contribution in [0.2, 0.25) is 0 Å². The van der Waals surface area contributed by atoms with E-state index in [-0.39, 0.29) is 24.6 Å². The zero-order chi connectivity index (χ0) is 19.1. The zero-order valence-corrected chi connectivity index (χ0v) is 15.8. The molecule has 140 valence electrons. The molecule has 1 unspecified atom stereocenters. The highest BCUT2D eigenvalue weighted by Gasteiger charge is 2.25. The van der Waals surface area contributed by atoms with E-state index in [1.165, 1.54) is 28.2 Å². The van der Waals surface area contributed by atoms with Crippen LogP contribution in [0.1, 0.15) is 30.8 Å². The van der Waals surface area contributed by atoms with Crippen molar-refractivity contribution in [3.8, 4) is 10.7 Å². The molecule has 2 aromatic heterocycles. The molecule has 0 aliphatic carbocycles. The Morgan fingerprint density at radius 3 is 2.65 bits per heavy atom. The Hall–Kier alpha value is -2.37. The second kappa shape index (κ2) is 9.36. The summed E-state index contributed by atoms with van der Waals surface area (Å²) in [6.45, 7) is 3.65. The molecule has 0 fully saturated rings. The lowest BCUT2D eigenvalue weighted by Crippen LogP contribution is -2.50. The van der Waals surface area contributed by atoms with E-state index < -0.39 is 23.8 Å². The highest BCUT2D eigenvalue weighted by atomic mass is 32.1. The van der Waals surface area contributed by atoms with E-state index in [4.69, 9.17) is 5.21 Å². The Morgan fingerprint density at radius 1 is 1.27 bits per heavy atom. The molecule has 26 heavy (non-hydrogen) atoms. The van der Waals surface area contributed by atoms with Crippen molar-refractivity contribution in [1.82, 2.24) is 26.1 Å². The third-order valence-electron chi connectivity index (χ3n) is 3.40. The van der Waals surface area contributed by atoms with Crippen LogP contribution in [0, 0.1) is 5.92 Å². The quantitative estimate of drug-likeness (QED) is 0.388. The number of rotatable bonds is 8. The molecular formula is C15H19N5O4S2. The van der Waals surface area contributed by atoms with E-state index in [0.29, 0.717) is 10.7 Å². The fraction of sp³-hybridized carbons (Fsp3) is 0.400. The summed E-state index contributed by atoms with van der Waals surface area (Å²) in [5.74, 6) is -1.63. The van der Waals surface area contributed by atoms with E-state index in [9.17, 15) is 14.4 Å². The number of hydrogen-bond acceptors (Lipinski definition) is 8. The van der Waals surface area contributed by atoms with Crippen molar-refractivity contribution in [2.24, 2.45) is 5.92 Å². The number of nitrogens with zero attached hydrogens (tertiary/aromatic N) is 2. The van der Waals surface area contributed by atoms with Crippen molar-refractivity contribution in [1.29, 1.82) is 0 Å². The minimum atomic E-state index is -0.774. The van der Waals surface area contributed by atoms with E-state index in [2.05, 4.69) is 20.6 Å². The standard InChI is InChI=1S/C15H19N5O4S2/c1-8(2)12(14(23)16-4-3-11(21)20-24)19-13(22)9-6-26-15(18-9)10-5-25-7-17-10/h5-8,12,24H,3-4H2,1-2H3,(H,16,23)(H,19,22)(H,20,21). The minimum absolute atomic E-state index is 0.0506. The van der Waals surface area contributed by atoms with Crippen molar-refractivity contribution < 1.29 is 19.6 Å². The number of amides is 3. The summed E-state index contributed by atoms with van der Waals surface area (Å²) in [5.41, 5.74) is 4.10. The molecule has 2 heterocycles. The van der Waals surface area contributed by atoms with Gasteiger partial charge < -0.3 is 10.6 Å². The van der Waals surface area contributed by atoms with E-state index in [1.807, 2.05) is 5.38 Å². The normalized spacial score (nSPS) is 11.8. The molecule has 0 aliphatic heterocycles. The van der Waals surface area contributed by atoms with Gasteiger partial charge in [-0.2, -0.15) is 0 Å². The van der Waals surface area contributed by atoms with Gasteiger partial charge in [0.1, 0.15) is 22.4 Å². The van der Waals surface area contributed by atoms with Gasteiger partial charge in [-0.15, -0.1) is 22.7 Å². The molecule has 4 N–H and O–H groups in total. The number of carbonyl (C=O) groups excluding carboxylic acids is 3. The minimum Gasteiger partial charge on any atom is -0.354 e. The Balaban J connectivity index is 1.97. The fourth-order valence-corrected chi connectivity index (χ4v) is 3.41. The summed E-state index contributed by atoms with van der Waals surface area (Å²) in [6, 6.07) is -0.774. The highest BCUT2D eigenvalue weighted by molar-refractivity contribution is 7.14. The lowest BCUT2D eigenvalue weighted by Gasteiger charge is -2.21. The molecule has 0 aromatic carbocycles. The van der Waals surface area contributed by atoms with Gasteiger partial charge in [-0.05, 0) is 5.92 Å². The number of carbonyl (C=O) groups is 3. The molecule has 0 spiro atoms. The Labute approximate surface area is 157 Å². The summed E-state index contributed by atoms with van der Waals surface area (Å²) in [7, 11) is 0. The van der Waals surface area contributed by atoms with Crippen LogP contribution in [-0.2, 0) is 9.59 Å². The Bertz CT molecular complexity index is 760.